The molecule has 0 heterocycles. The summed E-state index contributed by atoms with van der Waals surface area (Å²) in [6.45, 7) is 3.52. The van der Waals surface area contributed by atoms with Gasteiger partial charge in [0.05, 0.1) is 5.92 Å². The van der Waals surface area contributed by atoms with Gasteiger partial charge in [-0.25, -0.2) is 4.39 Å². The number of rotatable bonds is 9. The first-order valence-electron chi connectivity index (χ1n) is 10.6. The van der Waals surface area contributed by atoms with Gasteiger partial charge in [-0.15, -0.1) is 0 Å². The van der Waals surface area contributed by atoms with E-state index in [2.05, 4.69) is 5.32 Å². The molecular formula is C27H26FNO3. The van der Waals surface area contributed by atoms with Crippen molar-refractivity contribution < 1.29 is 18.8 Å². The zero-order chi connectivity index (χ0) is 23.1. The minimum Gasteiger partial charge on any atom is -0.326 e. The van der Waals surface area contributed by atoms with Gasteiger partial charge in [0.2, 0.25) is 5.91 Å². The minimum absolute atomic E-state index is 0.140. The maximum absolute atomic E-state index is 13.6. The van der Waals surface area contributed by atoms with Gasteiger partial charge in [-0.1, -0.05) is 62.4 Å². The van der Waals surface area contributed by atoms with Gasteiger partial charge in [0.15, 0.2) is 5.78 Å². The summed E-state index contributed by atoms with van der Waals surface area (Å²) < 4.78 is 13.4. The van der Waals surface area contributed by atoms with Crippen molar-refractivity contribution in [1.29, 1.82) is 0 Å². The molecule has 0 aromatic heterocycles. The molecule has 1 amide bonds. The highest BCUT2D eigenvalue weighted by Crippen LogP contribution is 2.34. The number of para-hydroxylation sites is 1. The lowest BCUT2D eigenvalue weighted by Crippen LogP contribution is -2.34. The van der Waals surface area contributed by atoms with Crippen molar-refractivity contribution in [3.8, 4) is 0 Å². The predicted octanol–water partition coefficient (Wildman–Crippen LogP) is 5.66. The summed E-state index contributed by atoms with van der Waals surface area (Å²) in [7, 11) is 0. The van der Waals surface area contributed by atoms with Crippen LogP contribution in [-0.2, 0) is 9.59 Å². The summed E-state index contributed by atoms with van der Waals surface area (Å²) >= 11 is 0. The van der Waals surface area contributed by atoms with Crippen molar-refractivity contribution in [2.24, 2.45) is 11.8 Å². The van der Waals surface area contributed by atoms with Gasteiger partial charge in [0, 0.05) is 29.5 Å². The van der Waals surface area contributed by atoms with Crippen LogP contribution in [0.15, 0.2) is 84.9 Å². The number of hydrogen-bond acceptors (Lipinski definition) is 3. The number of carbonyl (C=O) groups is 3. The molecule has 0 saturated heterocycles. The van der Waals surface area contributed by atoms with Crippen molar-refractivity contribution in [1.82, 2.24) is 0 Å². The van der Waals surface area contributed by atoms with E-state index in [9.17, 15) is 18.8 Å². The molecule has 4 nitrogen and oxygen atoms in total. The average Bonchev–Trinajstić information content (AvgIpc) is 2.79. The van der Waals surface area contributed by atoms with Crippen molar-refractivity contribution >= 4 is 23.2 Å². The van der Waals surface area contributed by atoms with E-state index in [1.54, 1.807) is 62.4 Å². The van der Waals surface area contributed by atoms with E-state index in [1.807, 2.05) is 12.1 Å². The number of carbonyl (C=O) groups excluding carboxylic acids is 3. The standard InChI is InChI=1S/C27H26FNO3/c1-18(2)26(31)23(17-24(30)29-22-11-7-4-8-12-22)25(19-9-5-3-6-10-19)27(32)20-13-15-21(28)16-14-20/h3-16,18,23,25H,17H2,1-2H3,(H,29,30). The monoisotopic (exact) mass is 431 g/mol. The van der Waals surface area contributed by atoms with E-state index in [0.29, 0.717) is 16.8 Å². The summed E-state index contributed by atoms with van der Waals surface area (Å²) in [5, 5.41) is 2.81. The second-order valence-corrected chi connectivity index (χ2v) is 8.04. The number of ketones is 2. The lowest BCUT2D eigenvalue weighted by atomic mass is 9.74. The van der Waals surface area contributed by atoms with Crippen LogP contribution < -0.4 is 5.32 Å². The fraction of sp³-hybridized carbons (Fsp3) is 0.222. The highest BCUT2D eigenvalue weighted by molar-refractivity contribution is 6.05. The summed E-state index contributed by atoms with van der Waals surface area (Å²) in [6.07, 6.45) is -0.140. The van der Waals surface area contributed by atoms with Gasteiger partial charge < -0.3 is 5.32 Å². The Hall–Kier alpha value is -3.60. The summed E-state index contributed by atoms with van der Waals surface area (Å²) in [5.74, 6) is -3.37. The van der Waals surface area contributed by atoms with Crippen molar-refractivity contribution in [3.05, 3.63) is 102 Å². The molecule has 2 unspecified atom stereocenters. The molecule has 0 bridgehead atoms. The largest absolute Gasteiger partial charge is 0.326 e. The molecule has 5 heteroatoms. The Balaban J connectivity index is 1.99. The lowest BCUT2D eigenvalue weighted by Gasteiger charge is -2.27. The molecule has 1 N–H and O–H groups in total. The topological polar surface area (TPSA) is 63.2 Å². The molecule has 0 fully saturated rings. The summed E-state index contributed by atoms with van der Waals surface area (Å²) in [6, 6.07) is 23.2. The first kappa shape index (κ1) is 23.1. The molecule has 2 atom stereocenters. The van der Waals surface area contributed by atoms with E-state index in [-0.39, 0.29) is 29.8 Å². The molecule has 0 saturated carbocycles. The third kappa shape index (κ3) is 5.76. The number of Topliss-reactive ketones (excluding diaryl/α,β-unsaturated/α-hetero) is 2. The third-order valence-corrected chi connectivity index (χ3v) is 5.37. The number of anilines is 1. The maximum Gasteiger partial charge on any atom is 0.225 e. The van der Waals surface area contributed by atoms with E-state index < -0.39 is 17.7 Å². The van der Waals surface area contributed by atoms with Crippen LogP contribution in [0.5, 0.6) is 0 Å². The Morgan fingerprint density at radius 1 is 0.812 bits per heavy atom. The first-order valence-corrected chi connectivity index (χ1v) is 10.6. The van der Waals surface area contributed by atoms with Crippen LogP contribution in [0.25, 0.3) is 0 Å². The number of amides is 1. The Bertz CT molecular complexity index is 1060. The Kier molecular flexibility index (Phi) is 7.66. The molecule has 3 rings (SSSR count). The van der Waals surface area contributed by atoms with Crippen LogP contribution in [0.3, 0.4) is 0 Å². The van der Waals surface area contributed by atoms with Gasteiger partial charge in [0.25, 0.3) is 0 Å². The van der Waals surface area contributed by atoms with Crippen LogP contribution in [0.1, 0.15) is 42.1 Å². The zero-order valence-corrected chi connectivity index (χ0v) is 18.1. The van der Waals surface area contributed by atoms with E-state index >= 15 is 0 Å². The second kappa shape index (κ2) is 10.6. The molecule has 0 aliphatic heterocycles. The number of benzene rings is 3. The predicted molar refractivity (Wildman–Crippen MR) is 123 cm³/mol. The Labute approximate surface area is 187 Å². The SMILES string of the molecule is CC(C)C(=O)C(CC(=O)Nc1ccccc1)C(C(=O)c1ccc(F)cc1)c1ccccc1. The normalized spacial score (nSPS) is 12.8. The molecule has 3 aromatic carbocycles. The molecule has 0 radical (unpaired) electrons. The van der Waals surface area contributed by atoms with Gasteiger partial charge in [-0.3, -0.25) is 14.4 Å². The molecule has 164 valence electrons. The number of nitrogens with one attached hydrogen (secondary N) is 1. The fourth-order valence-electron chi connectivity index (χ4n) is 3.76. The number of halogens is 1. The minimum atomic E-state index is -0.863. The zero-order valence-electron chi connectivity index (χ0n) is 18.1. The van der Waals surface area contributed by atoms with Gasteiger partial charge in [-0.2, -0.15) is 0 Å². The highest BCUT2D eigenvalue weighted by Gasteiger charge is 2.37. The second-order valence-electron chi connectivity index (χ2n) is 8.04. The quantitative estimate of drug-likeness (QED) is 0.445. The fourth-order valence-corrected chi connectivity index (χ4v) is 3.76. The van der Waals surface area contributed by atoms with Crippen LogP contribution in [0, 0.1) is 17.7 Å². The molecule has 0 spiro atoms. The van der Waals surface area contributed by atoms with Gasteiger partial charge >= 0.3 is 0 Å². The van der Waals surface area contributed by atoms with Crippen LogP contribution in [-0.4, -0.2) is 17.5 Å². The van der Waals surface area contributed by atoms with Crippen LogP contribution in [0.4, 0.5) is 10.1 Å². The van der Waals surface area contributed by atoms with Gasteiger partial charge in [-0.05, 0) is 42.0 Å². The smallest absolute Gasteiger partial charge is 0.225 e. The summed E-state index contributed by atoms with van der Waals surface area (Å²) in [5.41, 5.74) is 1.56. The van der Waals surface area contributed by atoms with Crippen LogP contribution >= 0.6 is 0 Å². The molecule has 0 aliphatic carbocycles. The van der Waals surface area contributed by atoms with Crippen molar-refractivity contribution in [3.63, 3.8) is 0 Å². The third-order valence-electron chi connectivity index (χ3n) is 5.37. The van der Waals surface area contributed by atoms with Crippen molar-refractivity contribution in [2.75, 3.05) is 5.32 Å². The first-order chi connectivity index (χ1) is 15.4. The van der Waals surface area contributed by atoms with E-state index in [1.165, 1.54) is 24.3 Å². The molecule has 32 heavy (non-hydrogen) atoms. The summed E-state index contributed by atoms with van der Waals surface area (Å²) in [4.78, 5) is 39.7. The maximum atomic E-state index is 13.6. The Morgan fingerprint density at radius 3 is 1.94 bits per heavy atom. The lowest BCUT2D eigenvalue weighted by molar-refractivity contribution is -0.129. The number of hydrogen-bond donors (Lipinski definition) is 1. The molecule has 3 aromatic rings. The van der Waals surface area contributed by atoms with E-state index in [0.717, 1.165) is 0 Å². The molecular weight excluding hydrogens is 405 g/mol. The van der Waals surface area contributed by atoms with Crippen LogP contribution in [0.2, 0.25) is 0 Å². The Morgan fingerprint density at radius 2 is 1.38 bits per heavy atom. The highest BCUT2D eigenvalue weighted by atomic mass is 19.1. The van der Waals surface area contributed by atoms with Gasteiger partial charge in [0.1, 0.15) is 11.6 Å². The molecule has 0 aliphatic rings. The van der Waals surface area contributed by atoms with E-state index in [4.69, 9.17) is 0 Å². The average molecular weight is 432 g/mol. The van der Waals surface area contributed by atoms with Crippen molar-refractivity contribution in [2.45, 2.75) is 26.2 Å².